The fraction of sp³-hybridized carbons (Fsp3) is 0.375. The molecule has 1 aliphatic rings. The van der Waals surface area contributed by atoms with Crippen LogP contribution in [0.15, 0.2) is 30.8 Å². The number of hydrogen-bond donors (Lipinski definition) is 3. The summed E-state index contributed by atoms with van der Waals surface area (Å²) >= 11 is 0. The van der Waals surface area contributed by atoms with E-state index in [2.05, 4.69) is 11.9 Å². The largest absolute Gasteiger partial charge is 0.497 e. The van der Waals surface area contributed by atoms with E-state index >= 15 is 0 Å². The number of carboxylic acids is 2. The number of ether oxygens (including phenoxy) is 1. The van der Waals surface area contributed by atoms with Gasteiger partial charge in [-0.05, 0) is 23.3 Å². The Labute approximate surface area is 128 Å². The van der Waals surface area contributed by atoms with Crippen molar-refractivity contribution < 1.29 is 24.5 Å². The minimum absolute atomic E-state index is 0.211. The minimum atomic E-state index is -1.04. The number of carbonyl (C=O) groups is 2. The molecule has 3 atom stereocenters. The Balaban J connectivity index is 2.26. The molecule has 0 amide bonds. The van der Waals surface area contributed by atoms with E-state index in [0.717, 1.165) is 11.1 Å². The highest BCUT2D eigenvalue weighted by atomic mass is 16.5. The highest BCUT2D eigenvalue weighted by Gasteiger charge is 2.42. The molecule has 0 radical (unpaired) electrons. The highest BCUT2D eigenvalue weighted by Crippen LogP contribution is 2.36. The molecule has 0 aliphatic carbocycles. The predicted molar refractivity (Wildman–Crippen MR) is 80.7 cm³/mol. The first-order valence-electron chi connectivity index (χ1n) is 6.95. The molecule has 6 nitrogen and oxygen atoms in total. The molecule has 0 spiro atoms. The van der Waals surface area contributed by atoms with Gasteiger partial charge in [-0.1, -0.05) is 18.7 Å². The van der Waals surface area contributed by atoms with E-state index in [9.17, 15) is 14.7 Å². The highest BCUT2D eigenvalue weighted by molar-refractivity contribution is 5.78. The van der Waals surface area contributed by atoms with Gasteiger partial charge in [0, 0.05) is 18.4 Å². The summed E-state index contributed by atoms with van der Waals surface area (Å²) in [6.07, 6.45) is -0.211. The van der Waals surface area contributed by atoms with Crippen molar-refractivity contribution in [1.29, 1.82) is 0 Å². The molecule has 22 heavy (non-hydrogen) atoms. The normalized spacial score (nSPS) is 24.0. The first-order chi connectivity index (χ1) is 10.4. The molecule has 2 rings (SSSR count). The van der Waals surface area contributed by atoms with Gasteiger partial charge in [0.2, 0.25) is 0 Å². The Kier molecular flexibility index (Phi) is 4.82. The van der Waals surface area contributed by atoms with Crippen molar-refractivity contribution in [2.45, 2.75) is 12.5 Å². The fourth-order valence-electron chi connectivity index (χ4n) is 2.94. The first kappa shape index (κ1) is 16.0. The second-order valence-electron chi connectivity index (χ2n) is 5.35. The van der Waals surface area contributed by atoms with Gasteiger partial charge in [-0.15, -0.1) is 0 Å². The van der Waals surface area contributed by atoms with E-state index in [4.69, 9.17) is 9.84 Å². The zero-order chi connectivity index (χ0) is 16.3. The van der Waals surface area contributed by atoms with Crippen molar-refractivity contribution in [3.63, 3.8) is 0 Å². The molecule has 118 valence electrons. The van der Waals surface area contributed by atoms with Gasteiger partial charge < -0.3 is 20.3 Å². The molecular formula is C16H19NO5. The lowest BCUT2D eigenvalue weighted by atomic mass is 9.81. The number of hydrogen-bond acceptors (Lipinski definition) is 4. The second kappa shape index (κ2) is 6.62. The van der Waals surface area contributed by atoms with Crippen LogP contribution in [0, 0.1) is 11.8 Å². The average molecular weight is 305 g/mol. The Morgan fingerprint density at radius 1 is 1.41 bits per heavy atom. The van der Waals surface area contributed by atoms with Crippen molar-refractivity contribution in [3.8, 4) is 5.75 Å². The van der Waals surface area contributed by atoms with Crippen molar-refractivity contribution in [2.24, 2.45) is 11.8 Å². The van der Waals surface area contributed by atoms with Crippen LogP contribution in [-0.4, -0.2) is 41.8 Å². The number of carboxylic acid groups (broad SMARTS) is 2. The zero-order valence-corrected chi connectivity index (χ0v) is 12.3. The molecule has 1 aromatic rings. The van der Waals surface area contributed by atoms with Crippen LogP contribution in [0.25, 0.3) is 5.57 Å². The Morgan fingerprint density at radius 2 is 2.14 bits per heavy atom. The molecule has 0 aromatic heterocycles. The standard InChI is InChI=1S/C16H19NO5/c1-9(10-4-3-5-11(6-10)22-2)13-8-17-15(16(20)21)12(13)7-14(18)19/h3-6,12-13,15,17H,1,7-8H2,2H3,(H,18,19)(H,20,21)/t12-,13+,15-/m0/s1. The van der Waals surface area contributed by atoms with Crippen molar-refractivity contribution in [2.75, 3.05) is 13.7 Å². The molecule has 1 heterocycles. The molecule has 1 saturated heterocycles. The maximum Gasteiger partial charge on any atom is 0.321 e. The summed E-state index contributed by atoms with van der Waals surface area (Å²) < 4.78 is 5.17. The molecule has 3 N–H and O–H groups in total. The third kappa shape index (κ3) is 3.28. The van der Waals surface area contributed by atoms with Crippen LogP contribution in [0.1, 0.15) is 12.0 Å². The van der Waals surface area contributed by atoms with E-state index < -0.39 is 23.9 Å². The van der Waals surface area contributed by atoms with Gasteiger partial charge in [-0.25, -0.2) is 0 Å². The van der Waals surface area contributed by atoms with Crippen LogP contribution in [0.5, 0.6) is 5.75 Å². The molecule has 0 saturated carbocycles. The van der Waals surface area contributed by atoms with Crippen molar-refractivity contribution in [3.05, 3.63) is 36.4 Å². The van der Waals surface area contributed by atoms with Crippen LogP contribution < -0.4 is 10.1 Å². The Bertz CT molecular complexity index is 598. The maximum absolute atomic E-state index is 11.3. The molecule has 1 aromatic carbocycles. The number of aliphatic carboxylic acids is 2. The quantitative estimate of drug-likeness (QED) is 0.736. The van der Waals surface area contributed by atoms with Crippen LogP contribution in [-0.2, 0) is 9.59 Å². The monoisotopic (exact) mass is 305 g/mol. The van der Waals surface area contributed by atoms with Gasteiger partial charge in [0.25, 0.3) is 0 Å². The molecule has 1 fully saturated rings. The van der Waals surface area contributed by atoms with Crippen LogP contribution in [0.2, 0.25) is 0 Å². The summed E-state index contributed by atoms with van der Waals surface area (Å²) in [5.74, 6) is -2.15. The first-order valence-corrected chi connectivity index (χ1v) is 6.95. The minimum Gasteiger partial charge on any atom is -0.497 e. The Hall–Kier alpha value is -2.34. The van der Waals surface area contributed by atoms with Gasteiger partial charge in [-0.2, -0.15) is 0 Å². The fourth-order valence-corrected chi connectivity index (χ4v) is 2.94. The van der Waals surface area contributed by atoms with Crippen molar-refractivity contribution in [1.82, 2.24) is 5.32 Å². The van der Waals surface area contributed by atoms with Crippen LogP contribution in [0.3, 0.4) is 0 Å². The Morgan fingerprint density at radius 3 is 2.73 bits per heavy atom. The van der Waals surface area contributed by atoms with E-state index in [1.165, 1.54) is 0 Å². The summed E-state index contributed by atoms with van der Waals surface area (Å²) in [6, 6.07) is 6.43. The second-order valence-corrected chi connectivity index (χ2v) is 5.35. The molecule has 6 heteroatoms. The number of methoxy groups -OCH3 is 1. The molecule has 0 unspecified atom stereocenters. The average Bonchev–Trinajstić information content (AvgIpc) is 2.89. The maximum atomic E-state index is 11.3. The van der Waals surface area contributed by atoms with Gasteiger partial charge in [-0.3, -0.25) is 9.59 Å². The molecular weight excluding hydrogens is 286 g/mol. The molecule has 0 bridgehead atoms. The lowest BCUT2D eigenvalue weighted by Gasteiger charge is -2.22. The summed E-state index contributed by atoms with van der Waals surface area (Å²) in [7, 11) is 1.56. The smallest absolute Gasteiger partial charge is 0.321 e. The third-order valence-corrected chi connectivity index (χ3v) is 4.07. The van der Waals surface area contributed by atoms with Gasteiger partial charge in [0.05, 0.1) is 13.5 Å². The summed E-state index contributed by atoms with van der Waals surface area (Å²) in [6.45, 7) is 4.45. The van der Waals surface area contributed by atoms with Crippen LogP contribution >= 0.6 is 0 Å². The summed E-state index contributed by atoms with van der Waals surface area (Å²) in [5.41, 5.74) is 1.55. The van der Waals surface area contributed by atoms with Gasteiger partial charge in [0.1, 0.15) is 11.8 Å². The topological polar surface area (TPSA) is 95.9 Å². The number of rotatable bonds is 6. The van der Waals surface area contributed by atoms with Gasteiger partial charge >= 0.3 is 11.9 Å². The van der Waals surface area contributed by atoms with Crippen LogP contribution in [0.4, 0.5) is 0 Å². The van der Waals surface area contributed by atoms with E-state index in [0.29, 0.717) is 12.3 Å². The van der Waals surface area contributed by atoms with Crippen molar-refractivity contribution >= 4 is 17.5 Å². The lowest BCUT2D eigenvalue weighted by Crippen LogP contribution is -2.36. The zero-order valence-electron chi connectivity index (χ0n) is 12.3. The summed E-state index contributed by atoms with van der Waals surface area (Å²) in [5, 5.41) is 21.2. The predicted octanol–water partition coefficient (Wildman–Crippen LogP) is 1.47. The lowest BCUT2D eigenvalue weighted by molar-refractivity contribution is -0.142. The number of benzene rings is 1. The van der Waals surface area contributed by atoms with E-state index in [-0.39, 0.29) is 12.3 Å². The SMILES string of the molecule is C=C(c1cccc(OC)c1)[C@H]1CN[C@H](C(=O)O)[C@H]1CC(=O)O. The van der Waals surface area contributed by atoms with E-state index in [1.807, 2.05) is 18.2 Å². The third-order valence-electron chi connectivity index (χ3n) is 4.07. The molecule has 1 aliphatic heterocycles. The summed E-state index contributed by atoms with van der Waals surface area (Å²) in [4.78, 5) is 22.4. The van der Waals surface area contributed by atoms with E-state index in [1.54, 1.807) is 13.2 Å². The number of nitrogens with one attached hydrogen (secondary N) is 1. The van der Waals surface area contributed by atoms with Gasteiger partial charge in [0.15, 0.2) is 0 Å².